The number of aliphatic imine (C=N–C) groups is 1. The molecule has 0 aliphatic carbocycles. The van der Waals surface area contributed by atoms with Crippen LogP contribution in [0.15, 0.2) is 41.5 Å². The van der Waals surface area contributed by atoms with Crippen LogP contribution >= 0.6 is 35.3 Å². The monoisotopic (exact) mass is 497 g/mol. The summed E-state index contributed by atoms with van der Waals surface area (Å²) in [7, 11) is 1.81. The average molecular weight is 497 g/mol. The Morgan fingerprint density at radius 1 is 1.15 bits per heavy atom. The Labute approximate surface area is 182 Å². The summed E-state index contributed by atoms with van der Waals surface area (Å²) >= 11 is 1.78. The number of thiazole rings is 1. The predicted molar refractivity (Wildman–Crippen MR) is 127 cm³/mol. The lowest BCUT2D eigenvalue weighted by atomic mass is 10.2. The fraction of sp³-hybridized carbons (Fsp3) is 0.400. The summed E-state index contributed by atoms with van der Waals surface area (Å²) in [5, 5.41) is 9.24. The smallest absolute Gasteiger partial charge is 0.190 e. The van der Waals surface area contributed by atoms with Crippen LogP contribution in [0.3, 0.4) is 0 Å². The Balaban J connectivity index is 0.00000261. The molecule has 0 spiro atoms. The summed E-state index contributed by atoms with van der Waals surface area (Å²) in [6, 6.07) is 10.7. The molecule has 0 saturated heterocycles. The summed E-state index contributed by atoms with van der Waals surface area (Å²) < 4.78 is 2.31. The molecule has 27 heavy (non-hydrogen) atoms. The van der Waals surface area contributed by atoms with Gasteiger partial charge in [-0.2, -0.15) is 0 Å². The quantitative estimate of drug-likeness (QED) is 0.224. The zero-order valence-corrected chi connectivity index (χ0v) is 19.3. The molecule has 3 aromatic rings. The third kappa shape index (κ3) is 5.93. The van der Waals surface area contributed by atoms with E-state index in [1.54, 1.807) is 11.3 Å². The van der Waals surface area contributed by atoms with Crippen molar-refractivity contribution in [1.82, 2.24) is 20.2 Å². The Morgan fingerprint density at radius 2 is 1.93 bits per heavy atom. The van der Waals surface area contributed by atoms with Crippen molar-refractivity contribution in [3.63, 3.8) is 0 Å². The van der Waals surface area contributed by atoms with E-state index in [1.807, 2.05) is 7.05 Å². The van der Waals surface area contributed by atoms with Crippen molar-refractivity contribution < 1.29 is 0 Å². The van der Waals surface area contributed by atoms with Crippen molar-refractivity contribution in [2.75, 3.05) is 20.1 Å². The number of para-hydroxylation sites is 1. The van der Waals surface area contributed by atoms with Crippen LogP contribution in [0.4, 0.5) is 0 Å². The highest BCUT2D eigenvalue weighted by molar-refractivity contribution is 14.0. The van der Waals surface area contributed by atoms with E-state index >= 15 is 0 Å². The van der Waals surface area contributed by atoms with E-state index in [0.29, 0.717) is 0 Å². The number of hydrogen-bond donors (Lipinski definition) is 2. The van der Waals surface area contributed by atoms with Crippen molar-refractivity contribution in [1.29, 1.82) is 0 Å². The van der Waals surface area contributed by atoms with E-state index in [0.717, 1.165) is 44.1 Å². The maximum absolute atomic E-state index is 4.58. The molecule has 0 aliphatic rings. The van der Waals surface area contributed by atoms with Crippen LogP contribution in [0.5, 0.6) is 0 Å². The molecule has 2 N–H and O–H groups in total. The summed E-state index contributed by atoms with van der Waals surface area (Å²) in [6.07, 6.45) is 4.13. The van der Waals surface area contributed by atoms with Crippen molar-refractivity contribution >= 4 is 52.2 Å². The Bertz CT molecular complexity index is 864. The molecule has 1 aromatic carbocycles. The average Bonchev–Trinajstić information content (AvgIpc) is 3.20. The third-order valence-electron chi connectivity index (χ3n) is 4.48. The minimum absolute atomic E-state index is 0. The first-order valence-electron chi connectivity index (χ1n) is 9.08. The second kappa shape index (κ2) is 10.7. The first-order chi connectivity index (χ1) is 12.7. The molecule has 0 bridgehead atoms. The predicted octanol–water partition coefficient (Wildman–Crippen LogP) is 4.13. The van der Waals surface area contributed by atoms with Gasteiger partial charge < -0.3 is 15.2 Å². The molecule has 0 saturated carbocycles. The fourth-order valence-electron chi connectivity index (χ4n) is 2.95. The topological polar surface area (TPSA) is 54.2 Å². The highest BCUT2D eigenvalue weighted by Gasteiger charge is 2.04. The maximum Gasteiger partial charge on any atom is 0.190 e. The van der Waals surface area contributed by atoms with Crippen LogP contribution in [0.1, 0.15) is 22.0 Å². The number of guanidine groups is 1. The highest BCUT2D eigenvalue weighted by Crippen LogP contribution is 2.16. The third-order valence-corrected chi connectivity index (χ3v) is 5.61. The highest BCUT2D eigenvalue weighted by atomic mass is 127. The molecule has 146 valence electrons. The Hall–Kier alpha value is -1.61. The van der Waals surface area contributed by atoms with Gasteiger partial charge >= 0.3 is 0 Å². The first kappa shape index (κ1) is 21.7. The Kier molecular flexibility index (Phi) is 8.56. The first-order valence-corrected chi connectivity index (χ1v) is 9.90. The van der Waals surface area contributed by atoms with Crippen LogP contribution in [-0.2, 0) is 13.0 Å². The number of hydrogen-bond acceptors (Lipinski definition) is 3. The molecule has 5 nitrogen and oxygen atoms in total. The molecule has 0 atom stereocenters. The van der Waals surface area contributed by atoms with Gasteiger partial charge in [-0.1, -0.05) is 18.2 Å². The fourth-order valence-corrected chi connectivity index (χ4v) is 3.88. The van der Waals surface area contributed by atoms with Gasteiger partial charge in [0.05, 0.1) is 10.7 Å². The van der Waals surface area contributed by atoms with E-state index in [2.05, 4.69) is 75.6 Å². The van der Waals surface area contributed by atoms with Gasteiger partial charge in [0.25, 0.3) is 0 Å². The van der Waals surface area contributed by atoms with Crippen molar-refractivity contribution in [3.8, 4) is 0 Å². The molecule has 2 heterocycles. The summed E-state index contributed by atoms with van der Waals surface area (Å²) in [6.45, 7) is 6.92. The number of nitrogens with one attached hydrogen (secondary N) is 2. The largest absolute Gasteiger partial charge is 0.356 e. The second-order valence-corrected chi connectivity index (χ2v) is 7.63. The SMILES string of the molecule is CN=C(NCCCn1ccc2ccccc21)NCCc1nc(C)c(C)s1.I. The maximum atomic E-state index is 4.58. The van der Waals surface area contributed by atoms with E-state index in [9.17, 15) is 0 Å². The van der Waals surface area contributed by atoms with Crippen LogP contribution in [0, 0.1) is 13.8 Å². The van der Waals surface area contributed by atoms with Gasteiger partial charge in [-0.15, -0.1) is 35.3 Å². The van der Waals surface area contributed by atoms with Crippen LogP contribution in [0.25, 0.3) is 10.9 Å². The normalized spacial score (nSPS) is 11.4. The number of rotatable bonds is 7. The number of halogens is 1. The van der Waals surface area contributed by atoms with Crippen molar-refractivity contribution in [2.24, 2.45) is 4.99 Å². The van der Waals surface area contributed by atoms with Crippen LogP contribution in [-0.4, -0.2) is 35.6 Å². The van der Waals surface area contributed by atoms with Gasteiger partial charge in [0.1, 0.15) is 0 Å². The molecule has 0 amide bonds. The number of nitrogens with zero attached hydrogens (tertiary/aromatic N) is 3. The van der Waals surface area contributed by atoms with E-state index in [-0.39, 0.29) is 24.0 Å². The molecule has 0 radical (unpaired) electrons. The summed E-state index contributed by atoms with van der Waals surface area (Å²) in [5.74, 6) is 0.854. The standard InChI is InChI=1S/C20H27N5S.HI/c1-15-16(2)26-19(24-15)9-12-23-20(21-3)22-11-6-13-25-14-10-17-7-4-5-8-18(17)25;/h4-5,7-8,10,14H,6,9,11-13H2,1-3H3,(H2,21,22,23);1H. The van der Waals surface area contributed by atoms with Gasteiger partial charge in [-0.25, -0.2) is 4.98 Å². The summed E-state index contributed by atoms with van der Waals surface area (Å²) in [5.41, 5.74) is 2.44. The summed E-state index contributed by atoms with van der Waals surface area (Å²) in [4.78, 5) is 10.2. The van der Waals surface area contributed by atoms with Gasteiger partial charge in [0.2, 0.25) is 0 Å². The van der Waals surface area contributed by atoms with Crippen LogP contribution in [0.2, 0.25) is 0 Å². The molecule has 0 unspecified atom stereocenters. The molecule has 0 aliphatic heterocycles. The zero-order valence-electron chi connectivity index (χ0n) is 16.2. The number of fused-ring (bicyclic) bond motifs is 1. The van der Waals surface area contributed by atoms with Gasteiger partial charge in [0.15, 0.2) is 5.96 Å². The Morgan fingerprint density at radius 3 is 2.67 bits per heavy atom. The van der Waals surface area contributed by atoms with Gasteiger partial charge in [0, 0.05) is 49.7 Å². The minimum atomic E-state index is 0. The lowest BCUT2D eigenvalue weighted by Gasteiger charge is -2.12. The molecule has 2 aromatic heterocycles. The van der Waals surface area contributed by atoms with Crippen LogP contribution < -0.4 is 10.6 Å². The molecule has 0 fully saturated rings. The van der Waals surface area contributed by atoms with E-state index < -0.39 is 0 Å². The van der Waals surface area contributed by atoms with Crippen molar-refractivity contribution in [2.45, 2.75) is 33.2 Å². The minimum Gasteiger partial charge on any atom is -0.356 e. The lowest BCUT2D eigenvalue weighted by Crippen LogP contribution is -2.38. The molecule has 3 rings (SSSR count). The van der Waals surface area contributed by atoms with Crippen molar-refractivity contribution in [3.05, 3.63) is 52.1 Å². The van der Waals surface area contributed by atoms with E-state index in [1.165, 1.54) is 20.8 Å². The number of aryl methyl sites for hydroxylation is 3. The second-order valence-electron chi connectivity index (χ2n) is 6.35. The van der Waals surface area contributed by atoms with Gasteiger partial charge in [-0.05, 0) is 37.8 Å². The molecule has 7 heteroatoms. The van der Waals surface area contributed by atoms with E-state index in [4.69, 9.17) is 0 Å². The number of aromatic nitrogens is 2. The molecular formula is C20H28IN5S. The molecular weight excluding hydrogens is 469 g/mol. The van der Waals surface area contributed by atoms with Gasteiger partial charge in [-0.3, -0.25) is 4.99 Å². The zero-order chi connectivity index (χ0) is 18.4. The lowest BCUT2D eigenvalue weighted by molar-refractivity contribution is 0.640. The number of benzene rings is 1.